The van der Waals surface area contributed by atoms with Gasteiger partial charge in [-0.2, -0.15) is 0 Å². The minimum Gasteiger partial charge on any atom is -0.381 e. The van der Waals surface area contributed by atoms with Gasteiger partial charge in [0.2, 0.25) is 0 Å². The van der Waals surface area contributed by atoms with Crippen molar-refractivity contribution in [2.24, 2.45) is 10.2 Å². The molecule has 1 fully saturated rings. The molecular formula is C5H8N6O. The van der Waals surface area contributed by atoms with Crippen molar-refractivity contribution in [2.75, 3.05) is 13.2 Å². The number of hydrogen-bond acceptors (Lipinski definition) is 3. The van der Waals surface area contributed by atoms with Crippen LogP contribution in [-0.2, 0) is 4.74 Å². The van der Waals surface area contributed by atoms with Gasteiger partial charge in [0.05, 0.1) is 18.7 Å². The largest absolute Gasteiger partial charge is 0.381 e. The van der Waals surface area contributed by atoms with Crippen LogP contribution in [0.15, 0.2) is 10.2 Å². The van der Waals surface area contributed by atoms with Gasteiger partial charge in [0.25, 0.3) is 0 Å². The zero-order valence-corrected chi connectivity index (χ0v) is 6.37. The monoisotopic (exact) mass is 168 g/mol. The molecule has 0 saturated carbocycles. The van der Waals surface area contributed by atoms with E-state index in [9.17, 15) is 0 Å². The molecule has 0 bridgehead atoms. The van der Waals surface area contributed by atoms with Gasteiger partial charge in [0, 0.05) is 16.4 Å². The van der Waals surface area contributed by atoms with Crippen molar-refractivity contribution in [1.82, 2.24) is 0 Å². The molecule has 12 heavy (non-hydrogen) atoms. The van der Waals surface area contributed by atoms with Crippen LogP contribution in [0, 0.1) is 0 Å². The molecule has 0 radical (unpaired) electrons. The average Bonchev–Trinajstić information content (AvgIpc) is 2.09. The predicted molar refractivity (Wildman–Crippen MR) is 41.3 cm³/mol. The van der Waals surface area contributed by atoms with Crippen LogP contribution in [0.4, 0.5) is 0 Å². The Balaban J connectivity index is 2.65. The molecule has 0 N–H and O–H groups in total. The first-order valence-corrected chi connectivity index (χ1v) is 3.54. The fraction of sp³-hybridized carbons (Fsp3) is 1.00. The van der Waals surface area contributed by atoms with E-state index in [1.165, 1.54) is 0 Å². The van der Waals surface area contributed by atoms with Crippen molar-refractivity contribution in [3.05, 3.63) is 20.9 Å². The maximum atomic E-state index is 8.19. The third-order valence-electron chi connectivity index (χ3n) is 1.69. The smallest absolute Gasteiger partial charge is 0.0693 e. The second-order valence-corrected chi connectivity index (χ2v) is 2.41. The van der Waals surface area contributed by atoms with E-state index in [0.29, 0.717) is 19.6 Å². The van der Waals surface area contributed by atoms with E-state index < -0.39 is 0 Å². The topological polar surface area (TPSA) is 107 Å². The maximum absolute atomic E-state index is 8.19. The zero-order chi connectivity index (χ0) is 8.81. The Morgan fingerprint density at radius 1 is 1.17 bits per heavy atom. The van der Waals surface area contributed by atoms with E-state index >= 15 is 0 Å². The molecule has 0 aromatic heterocycles. The van der Waals surface area contributed by atoms with Crippen LogP contribution in [0.3, 0.4) is 0 Å². The summed E-state index contributed by atoms with van der Waals surface area (Å²) < 4.78 is 5.06. The highest BCUT2D eigenvalue weighted by Crippen LogP contribution is 2.14. The van der Waals surface area contributed by atoms with Crippen LogP contribution >= 0.6 is 0 Å². The Kier molecular flexibility index (Phi) is 3.22. The average molecular weight is 168 g/mol. The van der Waals surface area contributed by atoms with Crippen molar-refractivity contribution >= 4 is 0 Å². The third-order valence-corrected chi connectivity index (χ3v) is 1.69. The van der Waals surface area contributed by atoms with Crippen molar-refractivity contribution in [1.29, 1.82) is 0 Å². The van der Waals surface area contributed by atoms with Crippen molar-refractivity contribution in [3.8, 4) is 0 Å². The molecule has 1 aliphatic heterocycles. The third kappa shape index (κ3) is 2.03. The van der Waals surface area contributed by atoms with E-state index in [2.05, 4.69) is 20.1 Å². The lowest BCUT2D eigenvalue weighted by Gasteiger charge is -2.23. The van der Waals surface area contributed by atoms with Gasteiger partial charge in [0.15, 0.2) is 0 Å². The lowest BCUT2D eigenvalue weighted by atomic mass is 10.1. The Labute approximate surface area is 68.6 Å². The summed E-state index contributed by atoms with van der Waals surface area (Å²) in [5, 5.41) is 6.99. The molecule has 0 aromatic carbocycles. The van der Waals surface area contributed by atoms with Gasteiger partial charge in [-0.15, -0.1) is 0 Å². The molecule has 1 rings (SSSR count). The van der Waals surface area contributed by atoms with Crippen LogP contribution < -0.4 is 0 Å². The number of azide groups is 2. The van der Waals surface area contributed by atoms with Gasteiger partial charge >= 0.3 is 0 Å². The first-order valence-electron chi connectivity index (χ1n) is 3.54. The second-order valence-electron chi connectivity index (χ2n) is 2.41. The highest BCUT2D eigenvalue weighted by molar-refractivity contribution is 4.85. The Morgan fingerprint density at radius 3 is 2.50 bits per heavy atom. The fourth-order valence-corrected chi connectivity index (χ4v) is 1.09. The SMILES string of the molecule is [N-]=[N+]=NC1CCOCC1N=[N+]=[N-]. The van der Waals surface area contributed by atoms with Gasteiger partial charge < -0.3 is 4.74 Å². The molecular weight excluding hydrogens is 160 g/mol. The summed E-state index contributed by atoms with van der Waals surface area (Å²) >= 11 is 0. The lowest BCUT2D eigenvalue weighted by Crippen LogP contribution is -2.33. The summed E-state index contributed by atoms with van der Waals surface area (Å²) in [6.45, 7) is 0.898. The van der Waals surface area contributed by atoms with Crippen LogP contribution in [-0.4, -0.2) is 25.3 Å². The normalized spacial score (nSPS) is 28.3. The minimum atomic E-state index is -0.348. The van der Waals surface area contributed by atoms with Gasteiger partial charge in [-0.3, -0.25) is 0 Å². The quantitative estimate of drug-likeness (QED) is 0.349. The van der Waals surface area contributed by atoms with E-state index in [1.807, 2.05) is 0 Å². The number of nitrogens with zero attached hydrogens (tertiary/aromatic N) is 6. The Bertz CT molecular complexity index is 214. The van der Waals surface area contributed by atoms with Gasteiger partial charge in [-0.25, -0.2) is 0 Å². The van der Waals surface area contributed by atoms with Gasteiger partial charge in [0.1, 0.15) is 0 Å². The molecule has 1 saturated heterocycles. The second kappa shape index (κ2) is 4.46. The first-order chi connectivity index (χ1) is 5.88. The summed E-state index contributed by atoms with van der Waals surface area (Å²) in [7, 11) is 0. The van der Waals surface area contributed by atoms with E-state index in [1.54, 1.807) is 0 Å². The highest BCUT2D eigenvalue weighted by Gasteiger charge is 2.23. The number of rotatable bonds is 2. The molecule has 7 heteroatoms. The summed E-state index contributed by atoms with van der Waals surface area (Å²) in [5.74, 6) is 0. The summed E-state index contributed by atoms with van der Waals surface area (Å²) in [6.07, 6.45) is 0.619. The van der Waals surface area contributed by atoms with Crippen molar-refractivity contribution in [3.63, 3.8) is 0 Å². The Hall–Kier alpha value is -1.42. The first kappa shape index (κ1) is 8.67. The van der Waals surface area contributed by atoms with Crippen LogP contribution in [0.5, 0.6) is 0 Å². The zero-order valence-electron chi connectivity index (χ0n) is 6.37. The van der Waals surface area contributed by atoms with Gasteiger partial charge in [-0.05, 0) is 17.5 Å². The molecule has 2 atom stereocenters. The molecule has 0 aromatic rings. The molecule has 7 nitrogen and oxygen atoms in total. The van der Waals surface area contributed by atoms with Crippen molar-refractivity contribution < 1.29 is 4.74 Å². The molecule has 0 aliphatic carbocycles. The molecule has 64 valence electrons. The van der Waals surface area contributed by atoms with E-state index in [-0.39, 0.29) is 12.1 Å². The molecule has 0 amide bonds. The van der Waals surface area contributed by atoms with Crippen molar-refractivity contribution in [2.45, 2.75) is 18.5 Å². The maximum Gasteiger partial charge on any atom is 0.0693 e. The standard InChI is InChI=1S/C5H8N6O/c6-10-8-4-1-2-12-3-5(4)9-11-7/h4-5H,1-3H2. The van der Waals surface area contributed by atoms with Gasteiger partial charge in [-0.1, -0.05) is 10.2 Å². The lowest BCUT2D eigenvalue weighted by molar-refractivity contribution is 0.0713. The predicted octanol–water partition coefficient (Wildman–Crippen LogP) is 1.76. The molecule has 1 aliphatic rings. The van der Waals surface area contributed by atoms with E-state index in [4.69, 9.17) is 15.8 Å². The van der Waals surface area contributed by atoms with Crippen LogP contribution in [0.2, 0.25) is 0 Å². The molecule has 0 spiro atoms. The van der Waals surface area contributed by atoms with Crippen LogP contribution in [0.1, 0.15) is 6.42 Å². The summed E-state index contributed by atoms with van der Waals surface area (Å²) in [6, 6.07) is -0.598. The fourth-order valence-electron chi connectivity index (χ4n) is 1.09. The van der Waals surface area contributed by atoms with E-state index in [0.717, 1.165) is 0 Å². The summed E-state index contributed by atoms with van der Waals surface area (Å²) in [4.78, 5) is 5.33. The summed E-state index contributed by atoms with van der Waals surface area (Å²) in [5.41, 5.74) is 16.4. The highest BCUT2D eigenvalue weighted by atomic mass is 16.5. The Morgan fingerprint density at radius 2 is 1.83 bits per heavy atom. The van der Waals surface area contributed by atoms with Crippen LogP contribution in [0.25, 0.3) is 20.9 Å². The molecule has 2 unspecified atom stereocenters. The number of ether oxygens (including phenoxy) is 1. The molecule has 1 heterocycles. The number of hydrogen-bond donors (Lipinski definition) is 0. The minimum absolute atomic E-state index is 0.250.